The van der Waals surface area contributed by atoms with Crippen molar-refractivity contribution in [2.24, 2.45) is 0 Å². The molecule has 2 aliphatic rings. The molecule has 4 rings (SSSR count). The van der Waals surface area contributed by atoms with Gasteiger partial charge < -0.3 is 10.0 Å². The number of hydrogen-bond donors (Lipinski definition) is 1. The van der Waals surface area contributed by atoms with Gasteiger partial charge in [0.2, 0.25) is 0 Å². The van der Waals surface area contributed by atoms with Gasteiger partial charge in [-0.15, -0.1) is 0 Å². The van der Waals surface area contributed by atoms with Crippen LogP contribution in [-0.2, 0) is 5.60 Å². The third kappa shape index (κ3) is 2.65. The first-order valence-corrected chi connectivity index (χ1v) is 9.06. The summed E-state index contributed by atoms with van der Waals surface area (Å²) < 4.78 is 13.3. The molecule has 1 aromatic heterocycles. The van der Waals surface area contributed by atoms with Gasteiger partial charge in [-0.3, -0.25) is 0 Å². The molecule has 2 unspecified atom stereocenters. The number of aliphatic hydroxyl groups is 1. The molecule has 0 spiro atoms. The molecule has 2 atom stereocenters. The highest BCUT2D eigenvalue weighted by Crippen LogP contribution is 2.47. The fourth-order valence-electron chi connectivity index (χ4n) is 4.71. The Morgan fingerprint density at radius 1 is 1.19 bits per heavy atom. The smallest absolute Gasteiger partial charge is 0.147 e. The van der Waals surface area contributed by atoms with E-state index in [1.807, 2.05) is 19.9 Å². The zero-order chi connectivity index (χ0) is 18.5. The van der Waals surface area contributed by atoms with E-state index in [4.69, 9.17) is 0 Å². The van der Waals surface area contributed by atoms with Crippen LogP contribution in [0.4, 0.5) is 10.2 Å². The Morgan fingerprint density at radius 2 is 1.81 bits per heavy atom. The Hall–Kier alpha value is -2.45. The SMILES string of the molecule is Cc1cc(C)c(C#N)c(N2C3CCC2CC(O)(c2ccc(F)cc2)C3)n1. The second kappa shape index (κ2) is 6.07. The predicted molar refractivity (Wildman–Crippen MR) is 97.2 cm³/mol. The van der Waals surface area contributed by atoms with E-state index in [1.54, 1.807) is 12.1 Å². The molecule has 0 saturated carbocycles. The van der Waals surface area contributed by atoms with Crippen LogP contribution in [0.1, 0.15) is 48.1 Å². The van der Waals surface area contributed by atoms with Gasteiger partial charge >= 0.3 is 0 Å². The summed E-state index contributed by atoms with van der Waals surface area (Å²) in [5.41, 5.74) is 2.27. The van der Waals surface area contributed by atoms with Gasteiger partial charge in [-0.2, -0.15) is 5.26 Å². The Morgan fingerprint density at radius 3 is 2.38 bits per heavy atom. The highest BCUT2D eigenvalue weighted by atomic mass is 19.1. The molecule has 2 aliphatic heterocycles. The first-order chi connectivity index (χ1) is 12.4. The lowest BCUT2D eigenvalue weighted by atomic mass is 9.80. The normalized spacial score (nSPS) is 27.4. The molecule has 0 aliphatic carbocycles. The second-order valence-corrected chi connectivity index (χ2v) is 7.63. The molecular weight excluding hydrogens is 329 g/mol. The summed E-state index contributed by atoms with van der Waals surface area (Å²) in [6, 6.07) is 10.7. The van der Waals surface area contributed by atoms with Gasteiger partial charge in [-0.05, 0) is 56.0 Å². The number of nitriles is 1. The van der Waals surface area contributed by atoms with Gasteiger partial charge in [0.15, 0.2) is 0 Å². The summed E-state index contributed by atoms with van der Waals surface area (Å²) in [5.74, 6) is 0.453. The summed E-state index contributed by atoms with van der Waals surface area (Å²) in [7, 11) is 0. The quantitative estimate of drug-likeness (QED) is 0.896. The number of aromatic nitrogens is 1. The lowest BCUT2D eigenvalue weighted by Gasteiger charge is -2.45. The lowest BCUT2D eigenvalue weighted by molar-refractivity contribution is -0.00325. The van der Waals surface area contributed by atoms with Crippen LogP contribution >= 0.6 is 0 Å². The Bertz CT molecular complexity index is 873. The summed E-state index contributed by atoms with van der Waals surface area (Å²) in [4.78, 5) is 6.92. The number of anilines is 1. The number of piperidine rings is 1. The van der Waals surface area contributed by atoms with Crippen molar-refractivity contribution in [2.45, 2.75) is 57.2 Å². The van der Waals surface area contributed by atoms with E-state index >= 15 is 0 Å². The molecular formula is C21H22FN3O. The number of benzene rings is 1. The van der Waals surface area contributed by atoms with Crippen LogP contribution in [0.15, 0.2) is 30.3 Å². The number of aryl methyl sites for hydroxylation is 2. The van der Waals surface area contributed by atoms with Crippen LogP contribution < -0.4 is 4.90 Å². The monoisotopic (exact) mass is 351 g/mol. The van der Waals surface area contributed by atoms with Gasteiger partial charge in [-0.1, -0.05) is 12.1 Å². The minimum absolute atomic E-state index is 0.129. The highest BCUT2D eigenvalue weighted by Gasteiger charge is 2.49. The van der Waals surface area contributed by atoms with E-state index in [1.165, 1.54) is 12.1 Å². The summed E-state index contributed by atoms with van der Waals surface area (Å²) >= 11 is 0. The Kier molecular flexibility index (Phi) is 3.96. The summed E-state index contributed by atoms with van der Waals surface area (Å²) in [6.45, 7) is 3.88. The number of fused-ring (bicyclic) bond motifs is 2. The molecule has 1 aromatic carbocycles. The zero-order valence-corrected chi connectivity index (χ0v) is 15.0. The van der Waals surface area contributed by atoms with Crippen LogP contribution in [-0.4, -0.2) is 22.2 Å². The minimum Gasteiger partial charge on any atom is -0.385 e. The molecule has 2 saturated heterocycles. The number of hydrogen-bond acceptors (Lipinski definition) is 4. The average Bonchev–Trinajstić information content (AvgIpc) is 2.87. The van der Waals surface area contributed by atoms with Gasteiger partial charge in [0.05, 0.1) is 11.2 Å². The van der Waals surface area contributed by atoms with Crippen molar-refractivity contribution >= 4 is 5.82 Å². The van der Waals surface area contributed by atoms with Crippen molar-refractivity contribution in [3.8, 4) is 6.07 Å². The molecule has 134 valence electrons. The van der Waals surface area contributed by atoms with Gasteiger partial charge in [-0.25, -0.2) is 9.37 Å². The first kappa shape index (κ1) is 17.0. The fourth-order valence-corrected chi connectivity index (χ4v) is 4.71. The van der Waals surface area contributed by atoms with E-state index < -0.39 is 5.60 Å². The van der Waals surface area contributed by atoms with Crippen LogP contribution in [0.25, 0.3) is 0 Å². The average molecular weight is 351 g/mol. The second-order valence-electron chi connectivity index (χ2n) is 7.63. The summed E-state index contributed by atoms with van der Waals surface area (Å²) in [5, 5.41) is 20.9. The van der Waals surface area contributed by atoms with Gasteiger partial charge in [0, 0.05) is 30.6 Å². The molecule has 0 radical (unpaired) electrons. The number of rotatable bonds is 2. The predicted octanol–water partition coefficient (Wildman–Crippen LogP) is 3.73. The van der Waals surface area contributed by atoms with Crippen LogP contribution in [0.5, 0.6) is 0 Å². The lowest BCUT2D eigenvalue weighted by Crippen LogP contribution is -2.50. The molecule has 2 aromatic rings. The fraction of sp³-hybridized carbons (Fsp3) is 0.429. The third-order valence-corrected chi connectivity index (χ3v) is 5.83. The number of pyridine rings is 1. The standard InChI is InChI=1S/C21H22FN3O/c1-13-9-14(2)24-20(19(13)12-23)25-17-7-8-18(25)11-21(26,10-17)15-3-5-16(22)6-4-15/h3-6,9,17-18,26H,7-8,10-11H2,1-2H3. The molecule has 2 fully saturated rings. The van der Waals surface area contributed by atoms with Crippen molar-refractivity contribution in [3.05, 3.63) is 58.5 Å². The number of halogens is 1. The van der Waals surface area contributed by atoms with E-state index in [2.05, 4.69) is 16.0 Å². The third-order valence-electron chi connectivity index (χ3n) is 5.83. The summed E-state index contributed by atoms with van der Waals surface area (Å²) in [6.07, 6.45) is 3.06. The van der Waals surface area contributed by atoms with Crippen molar-refractivity contribution in [1.82, 2.24) is 4.98 Å². The number of nitrogens with zero attached hydrogens (tertiary/aromatic N) is 3. The zero-order valence-electron chi connectivity index (χ0n) is 15.0. The van der Waals surface area contributed by atoms with Crippen molar-refractivity contribution in [1.29, 1.82) is 5.26 Å². The van der Waals surface area contributed by atoms with E-state index in [0.29, 0.717) is 18.4 Å². The van der Waals surface area contributed by atoms with E-state index in [0.717, 1.165) is 35.5 Å². The van der Waals surface area contributed by atoms with Crippen molar-refractivity contribution in [2.75, 3.05) is 4.90 Å². The first-order valence-electron chi connectivity index (χ1n) is 9.06. The van der Waals surface area contributed by atoms with Crippen molar-refractivity contribution in [3.63, 3.8) is 0 Å². The molecule has 4 nitrogen and oxygen atoms in total. The molecule has 2 bridgehead atoms. The maximum absolute atomic E-state index is 13.3. The molecule has 3 heterocycles. The van der Waals surface area contributed by atoms with E-state index in [9.17, 15) is 14.8 Å². The Labute approximate surface area is 152 Å². The minimum atomic E-state index is -0.957. The van der Waals surface area contributed by atoms with E-state index in [-0.39, 0.29) is 17.9 Å². The maximum atomic E-state index is 13.3. The molecule has 0 amide bonds. The largest absolute Gasteiger partial charge is 0.385 e. The topological polar surface area (TPSA) is 60.2 Å². The highest BCUT2D eigenvalue weighted by molar-refractivity contribution is 5.60. The van der Waals surface area contributed by atoms with Gasteiger partial charge in [0.1, 0.15) is 17.7 Å². The molecule has 26 heavy (non-hydrogen) atoms. The molecule has 5 heteroatoms. The van der Waals surface area contributed by atoms with Crippen LogP contribution in [0, 0.1) is 31.0 Å². The Balaban J connectivity index is 1.70. The van der Waals surface area contributed by atoms with Crippen LogP contribution in [0.3, 0.4) is 0 Å². The maximum Gasteiger partial charge on any atom is 0.147 e. The molecule has 1 N–H and O–H groups in total. The van der Waals surface area contributed by atoms with Crippen molar-refractivity contribution < 1.29 is 9.50 Å². The van der Waals surface area contributed by atoms with Gasteiger partial charge in [0.25, 0.3) is 0 Å². The van der Waals surface area contributed by atoms with Crippen LogP contribution in [0.2, 0.25) is 0 Å².